The molecule has 2 heterocycles. The van der Waals surface area contributed by atoms with Gasteiger partial charge in [0.15, 0.2) is 0 Å². The molecule has 0 saturated heterocycles. The number of aliphatic hydroxyl groups excluding tert-OH is 1. The molecule has 18 heavy (non-hydrogen) atoms. The Hall–Kier alpha value is -1.62. The molecule has 0 spiro atoms. The van der Waals surface area contributed by atoms with Crippen molar-refractivity contribution >= 4 is 11.9 Å². The predicted molar refractivity (Wildman–Crippen MR) is 67.6 cm³/mol. The van der Waals surface area contributed by atoms with Crippen molar-refractivity contribution in [3.05, 3.63) is 23.9 Å². The van der Waals surface area contributed by atoms with Crippen LogP contribution >= 0.6 is 0 Å². The van der Waals surface area contributed by atoms with Crippen molar-refractivity contribution in [3.8, 4) is 0 Å². The van der Waals surface area contributed by atoms with E-state index in [0.29, 0.717) is 12.4 Å². The smallest absolute Gasteiger partial charge is 0.416 e. The van der Waals surface area contributed by atoms with Gasteiger partial charge < -0.3 is 9.84 Å². The first-order valence-electron chi connectivity index (χ1n) is 5.98. The lowest BCUT2D eigenvalue weighted by atomic mass is 10.1. The van der Waals surface area contributed by atoms with Gasteiger partial charge in [-0.15, -0.1) is 0 Å². The lowest BCUT2D eigenvalue weighted by molar-refractivity contribution is 0.0580. The number of amides is 1. The molecule has 1 aromatic rings. The maximum absolute atomic E-state index is 12.1. The van der Waals surface area contributed by atoms with Gasteiger partial charge in [-0.05, 0) is 26.8 Å². The highest BCUT2D eigenvalue weighted by atomic mass is 16.6. The van der Waals surface area contributed by atoms with Crippen molar-refractivity contribution in [1.82, 2.24) is 4.98 Å². The van der Waals surface area contributed by atoms with E-state index >= 15 is 0 Å². The number of carbonyl (C=O) groups is 1. The van der Waals surface area contributed by atoms with Crippen LogP contribution < -0.4 is 4.90 Å². The molecule has 1 aliphatic heterocycles. The van der Waals surface area contributed by atoms with Gasteiger partial charge in [-0.3, -0.25) is 4.90 Å². The quantitative estimate of drug-likeness (QED) is 0.827. The molecule has 0 radical (unpaired) electrons. The van der Waals surface area contributed by atoms with E-state index in [9.17, 15) is 9.90 Å². The highest BCUT2D eigenvalue weighted by molar-refractivity contribution is 5.89. The second-order valence-corrected chi connectivity index (χ2v) is 5.39. The molecule has 0 aromatic carbocycles. The predicted octanol–water partition coefficient (Wildman–Crippen LogP) is 1.91. The van der Waals surface area contributed by atoms with Gasteiger partial charge in [-0.1, -0.05) is 6.07 Å². The van der Waals surface area contributed by atoms with Crippen LogP contribution in [0.2, 0.25) is 0 Å². The summed E-state index contributed by atoms with van der Waals surface area (Å²) in [5, 5.41) is 9.34. The highest BCUT2D eigenvalue weighted by Crippen LogP contribution is 2.34. The molecule has 1 atom stereocenters. The van der Waals surface area contributed by atoms with E-state index < -0.39 is 11.7 Å². The third kappa shape index (κ3) is 2.46. The Bertz CT molecular complexity index is 454. The number of pyridine rings is 1. The van der Waals surface area contributed by atoms with Crippen LogP contribution in [-0.2, 0) is 4.74 Å². The lowest BCUT2D eigenvalue weighted by Crippen LogP contribution is -2.36. The third-order valence-electron chi connectivity index (χ3n) is 2.75. The van der Waals surface area contributed by atoms with E-state index in [2.05, 4.69) is 4.98 Å². The Kier molecular flexibility index (Phi) is 3.26. The zero-order chi connectivity index (χ0) is 13.3. The van der Waals surface area contributed by atoms with Gasteiger partial charge in [0.05, 0.1) is 6.61 Å². The number of ether oxygens (including phenoxy) is 1. The van der Waals surface area contributed by atoms with Gasteiger partial charge in [0.25, 0.3) is 0 Å². The summed E-state index contributed by atoms with van der Waals surface area (Å²) >= 11 is 0. The zero-order valence-corrected chi connectivity index (χ0v) is 10.9. The minimum Gasteiger partial charge on any atom is -0.443 e. The molecule has 98 valence electrons. The maximum atomic E-state index is 12.1. The van der Waals surface area contributed by atoms with Crippen LogP contribution in [0.3, 0.4) is 0 Å². The van der Waals surface area contributed by atoms with Gasteiger partial charge >= 0.3 is 6.09 Å². The summed E-state index contributed by atoms with van der Waals surface area (Å²) < 4.78 is 5.34. The molecule has 2 rings (SSSR count). The number of aliphatic hydroxyl groups is 1. The summed E-state index contributed by atoms with van der Waals surface area (Å²) in [5.41, 5.74) is 0.356. The highest BCUT2D eigenvalue weighted by Gasteiger charge is 2.35. The minimum atomic E-state index is -0.538. The standard InChI is InChI=1S/C13H18N2O3/c1-13(2,3)18-12(17)15-7-9(8-16)10-5-4-6-14-11(10)15/h4-6,9,16H,7-8H2,1-3H3. The Labute approximate surface area is 106 Å². The second-order valence-electron chi connectivity index (χ2n) is 5.39. The average Bonchev–Trinajstić information content (AvgIpc) is 2.65. The summed E-state index contributed by atoms with van der Waals surface area (Å²) in [6.07, 6.45) is 1.22. The van der Waals surface area contributed by atoms with Crippen molar-refractivity contribution in [3.63, 3.8) is 0 Å². The zero-order valence-electron chi connectivity index (χ0n) is 10.9. The number of rotatable bonds is 1. The van der Waals surface area contributed by atoms with Crippen LogP contribution in [0.15, 0.2) is 18.3 Å². The molecule has 1 unspecified atom stereocenters. The van der Waals surface area contributed by atoms with Crippen LogP contribution in [0.25, 0.3) is 0 Å². The monoisotopic (exact) mass is 250 g/mol. The summed E-state index contributed by atoms with van der Waals surface area (Å²) in [5.74, 6) is 0.506. The molecule has 5 heteroatoms. The molecule has 0 fully saturated rings. The molecule has 5 nitrogen and oxygen atoms in total. The van der Waals surface area contributed by atoms with Crippen LogP contribution in [-0.4, -0.2) is 34.9 Å². The molecule has 0 bridgehead atoms. The van der Waals surface area contributed by atoms with E-state index in [1.165, 1.54) is 4.90 Å². The fourth-order valence-corrected chi connectivity index (χ4v) is 1.99. The summed E-state index contributed by atoms with van der Waals surface area (Å²) in [6.45, 7) is 5.88. The van der Waals surface area contributed by atoms with E-state index in [1.807, 2.05) is 26.8 Å². The SMILES string of the molecule is CC(C)(C)OC(=O)N1CC(CO)c2cccnc21. The largest absolute Gasteiger partial charge is 0.443 e. The first kappa shape index (κ1) is 12.8. The van der Waals surface area contributed by atoms with Crippen molar-refractivity contribution < 1.29 is 14.6 Å². The van der Waals surface area contributed by atoms with E-state index in [4.69, 9.17) is 4.74 Å². The number of fused-ring (bicyclic) bond motifs is 1. The van der Waals surface area contributed by atoms with Gasteiger partial charge in [0, 0.05) is 24.2 Å². The Balaban J connectivity index is 2.24. The van der Waals surface area contributed by atoms with Gasteiger partial charge in [-0.25, -0.2) is 9.78 Å². The second kappa shape index (κ2) is 4.57. The van der Waals surface area contributed by atoms with Crippen molar-refractivity contribution in [1.29, 1.82) is 0 Å². The normalized spacial score (nSPS) is 18.7. The van der Waals surface area contributed by atoms with Gasteiger partial charge in [-0.2, -0.15) is 0 Å². The molecule has 1 aromatic heterocycles. The number of hydrogen-bond acceptors (Lipinski definition) is 4. The topological polar surface area (TPSA) is 62.7 Å². The molecule has 1 amide bonds. The molecule has 1 aliphatic rings. The first-order valence-corrected chi connectivity index (χ1v) is 5.98. The van der Waals surface area contributed by atoms with Crippen LogP contribution in [0.4, 0.5) is 10.6 Å². The molecular weight excluding hydrogens is 232 g/mol. The summed E-state index contributed by atoms with van der Waals surface area (Å²) in [7, 11) is 0. The fraction of sp³-hybridized carbons (Fsp3) is 0.538. The molecule has 0 aliphatic carbocycles. The van der Waals surface area contributed by atoms with Gasteiger partial charge in [0.2, 0.25) is 0 Å². The number of hydrogen-bond donors (Lipinski definition) is 1. The summed E-state index contributed by atoms with van der Waals surface area (Å²) in [4.78, 5) is 17.8. The summed E-state index contributed by atoms with van der Waals surface area (Å²) in [6, 6.07) is 3.69. The number of carbonyl (C=O) groups excluding carboxylic acids is 1. The molecule has 1 N–H and O–H groups in total. The van der Waals surface area contributed by atoms with E-state index in [-0.39, 0.29) is 12.5 Å². The number of nitrogens with zero attached hydrogens (tertiary/aromatic N) is 2. The van der Waals surface area contributed by atoms with Crippen LogP contribution in [0.5, 0.6) is 0 Å². The van der Waals surface area contributed by atoms with E-state index in [0.717, 1.165) is 5.56 Å². The van der Waals surface area contributed by atoms with Crippen molar-refractivity contribution in [2.45, 2.75) is 32.3 Å². The Morgan fingerprint density at radius 1 is 1.61 bits per heavy atom. The molecule has 0 saturated carbocycles. The minimum absolute atomic E-state index is 0.00199. The van der Waals surface area contributed by atoms with Crippen LogP contribution in [0.1, 0.15) is 32.3 Å². The van der Waals surface area contributed by atoms with Crippen molar-refractivity contribution in [2.24, 2.45) is 0 Å². The number of anilines is 1. The molecular formula is C13H18N2O3. The Morgan fingerprint density at radius 2 is 2.33 bits per heavy atom. The first-order chi connectivity index (χ1) is 8.42. The third-order valence-corrected chi connectivity index (χ3v) is 2.75. The van der Waals surface area contributed by atoms with E-state index in [1.54, 1.807) is 12.3 Å². The van der Waals surface area contributed by atoms with Gasteiger partial charge in [0.1, 0.15) is 11.4 Å². The average molecular weight is 250 g/mol. The fourth-order valence-electron chi connectivity index (χ4n) is 1.99. The van der Waals surface area contributed by atoms with Crippen molar-refractivity contribution in [2.75, 3.05) is 18.1 Å². The lowest BCUT2D eigenvalue weighted by Gasteiger charge is -2.24. The number of aromatic nitrogens is 1. The Morgan fingerprint density at radius 3 is 2.94 bits per heavy atom. The maximum Gasteiger partial charge on any atom is 0.416 e. The van der Waals surface area contributed by atoms with Crippen LogP contribution in [0, 0.1) is 0 Å².